The average molecular weight is 126 g/mol. The van der Waals surface area contributed by atoms with Crippen molar-refractivity contribution in [2.24, 2.45) is 0 Å². The molecule has 3 heteroatoms. The van der Waals surface area contributed by atoms with Crippen LogP contribution in [0.4, 0.5) is 0 Å². The summed E-state index contributed by atoms with van der Waals surface area (Å²) in [6.45, 7) is 0.750. The number of hydrogen-bond donors (Lipinski definition) is 2. The molecule has 1 rings (SSSR count). The normalized spacial score (nSPS) is 9.89. The van der Waals surface area contributed by atoms with Crippen molar-refractivity contribution in [3.8, 4) is 0 Å². The molecule has 0 fully saturated rings. The molecule has 0 aliphatic heterocycles. The maximum Gasteiger partial charge on any atom is 0.0572 e. The molecule has 3 nitrogen and oxygen atoms in total. The van der Waals surface area contributed by atoms with E-state index in [0.717, 1.165) is 6.54 Å². The number of aromatic nitrogens is 1. The van der Waals surface area contributed by atoms with E-state index in [1.165, 1.54) is 5.56 Å². The molecule has 9 heavy (non-hydrogen) atoms. The smallest absolute Gasteiger partial charge is 0.0572 e. The third-order valence-corrected chi connectivity index (χ3v) is 1.08. The van der Waals surface area contributed by atoms with Crippen LogP contribution in [0.5, 0.6) is 0 Å². The number of hydroxylamine groups is 1. The maximum absolute atomic E-state index is 4.65. The highest BCUT2D eigenvalue weighted by molar-refractivity contribution is 5.06. The van der Waals surface area contributed by atoms with Crippen molar-refractivity contribution < 1.29 is 4.84 Å². The average Bonchev–Trinajstić information content (AvgIpc) is 2.34. The van der Waals surface area contributed by atoms with Crippen LogP contribution in [0.3, 0.4) is 0 Å². The zero-order valence-electron chi connectivity index (χ0n) is 5.35. The minimum atomic E-state index is 0.750. The van der Waals surface area contributed by atoms with E-state index in [1.807, 2.05) is 18.5 Å². The maximum atomic E-state index is 4.65. The van der Waals surface area contributed by atoms with Gasteiger partial charge in [0, 0.05) is 18.9 Å². The number of rotatable bonds is 3. The van der Waals surface area contributed by atoms with Crippen LogP contribution in [-0.2, 0) is 11.4 Å². The first-order valence-electron chi connectivity index (χ1n) is 2.81. The van der Waals surface area contributed by atoms with Crippen LogP contribution in [0.15, 0.2) is 18.5 Å². The quantitative estimate of drug-likeness (QED) is 0.584. The third-order valence-electron chi connectivity index (χ3n) is 1.08. The lowest BCUT2D eigenvalue weighted by Gasteiger charge is -1.95. The van der Waals surface area contributed by atoms with Gasteiger partial charge in [0.1, 0.15) is 0 Å². The molecule has 1 aromatic heterocycles. The van der Waals surface area contributed by atoms with Crippen LogP contribution in [0.2, 0.25) is 0 Å². The molecule has 0 saturated carbocycles. The van der Waals surface area contributed by atoms with Crippen molar-refractivity contribution in [1.29, 1.82) is 0 Å². The van der Waals surface area contributed by atoms with Gasteiger partial charge >= 0.3 is 0 Å². The molecular formula is C6H10N2O. The second kappa shape index (κ2) is 3.27. The van der Waals surface area contributed by atoms with Crippen LogP contribution in [-0.4, -0.2) is 12.1 Å². The Morgan fingerprint density at radius 2 is 2.67 bits per heavy atom. The molecule has 50 valence electrons. The highest BCUT2D eigenvalue weighted by Crippen LogP contribution is 1.93. The van der Waals surface area contributed by atoms with Crippen LogP contribution in [0.25, 0.3) is 0 Å². The van der Waals surface area contributed by atoms with Gasteiger partial charge in [0.25, 0.3) is 0 Å². The molecule has 2 N–H and O–H groups in total. The standard InChI is InChI=1S/C6H10N2O/c1-9-8-5-6-2-3-7-4-6/h2-4,7-8H,5H2,1H3. The molecule has 1 aromatic rings. The van der Waals surface area contributed by atoms with Gasteiger partial charge in [0.15, 0.2) is 0 Å². The highest BCUT2D eigenvalue weighted by Gasteiger charge is 1.87. The lowest BCUT2D eigenvalue weighted by molar-refractivity contribution is 0.0867. The minimum absolute atomic E-state index is 0.750. The zero-order chi connectivity index (χ0) is 6.53. The van der Waals surface area contributed by atoms with Crippen LogP contribution in [0.1, 0.15) is 5.56 Å². The van der Waals surface area contributed by atoms with E-state index in [1.54, 1.807) is 7.11 Å². The SMILES string of the molecule is CONCc1cc[nH]c1. The van der Waals surface area contributed by atoms with Crippen molar-refractivity contribution >= 4 is 0 Å². The van der Waals surface area contributed by atoms with Crippen molar-refractivity contribution in [2.75, 3.05) is 7.11 Å². The molecule has 0 bridgehead atoms. The summed E-state index contributed by atoms with van der Waals surface area (Å²) >= 11 is 0. The molecule has 0 saturated heterocycles. The number of aromatic amines is 1. The van der Waals surface area contributed by atoms with E-state index in [0.29, 0.717) is 0 Å². The monoisotopic (exact) mass is 126 g/mol. The first-order valence-corrected chi connectivity index (χ1v) is 2.81. The van der Waals surface area contributed by atoms with E-state index < -0.39 is 0 Å². The van der Waals surface area contributed by atoms with Gasteiger partial charge in [0.05, 0.1) is 7.11 Å². The Morgan fingerprint density at radius 3 is 3.22 bits per heavy atom. The van der Waals surface area contributed by atoms with Gasteiger partial charge in [-0.15, -0.1) is 0 Å². The molecule has 0 aliphatic carbocycles. The molecule has 0 radical (unpaired) electrons. The van der Waals surface area contributed by atoms with Crippen molar-refractivity contribution in [1.82, 2.24) is 10.5 Å². The fraction of sp³-hybridized carbons (Fsp3) is 0.333. The fourth-order valence-corrected chi connectivity index (χ4v) is 0.624. The molecule has 0 aliphatic rings. The number of hydrogen-bond acceptors (Lipinski definition) is 2. The summed E-state index contributed by atoms with van der Waals surface area (Å²) in [4.78, 5) is 7.59. The van der Waals surface area contributed by atoms with Crippen molar-refractivity contribution in [3.63, 3.8) is 0 Å². The predicted molar refractivity (Wildman–Crippen MR) is 34.6 cm³/mol. The van der Waals surface area contributed by atoms with E-state index in [9.17, 15) is 0 Å². The Labute approximate surface area is 54.0 Å². The van der Waals surface area contributed by atoms with Crippen molar-refractivity contribution in [3.05, 3.63) is 24.0 Å². The van der Waals surface area contributed by atoms with E-state index in [-0.39, 0.29) is 0 Å². The third kappa shape index (κ3) is 1.87. The van der Waals surface area contributed by atoms with Crippen LogP contribution >= 0.6 is 0 Å². The largest absolute Gasteiger partial charge is 0.367 e. The molecule has 0 unspecified atom stereocenters. The van der Waals surface area contributed by atoms with Gasteiger partial charge in [-0.2, -0.15) is 5.48 Å². The number of nitrogens with one attached hydrogen (secondary N) is 2. The summed E-state index contributed by atoms with van der Waals surface area (Å²) in [5.41, 5.74) is 3.92. The summed E-state index contributed by atoms with van der Waals surface area (Å²) in [5.74, 6) is 0. The topological polar surface area (TPSA) is 37.0 Å². The molecule has 0 spiro atoms. The first-order chi connectivity index (χ1) is 4.43. The molecule has 0 atom stereocenters. The van der Waals surface area contributed by atoms with Gasteiger partial charge in [-0.1, -0.05) is 0 Å². The Hall–Kier alpha value is -0.800. The first kappa shape index (κ1) is 6.32. The zero-order valence-corrected chi connectivity index (χ0v) is 5.35. The Morgan fingerprint density at radius 1 is 1.78 bits per heavy atom. The van der Waals surface area contributed by atoms with E-state index in [4.69, 9.17) is 0 Å². The van der Waals surface area contributed by atoms with Gasteiger partial charge in [-0.3, -0.25) is 0 Å². The second-order valence-corrected chi connectivity index (χ2v) is 1.74. The Kier molecular flexibility index (Phi) is 2.30. The highest BCUT2D eigenvalue weighted by atomic mass is 16.6. The van der Waals surface area contributed by atoms with Gasteiger partial charge < -0.3 is 9.82 Å². The van der Waals surface area contributed by atoms with E-state index >= 15 is 0 Å². The molecular weight excluding hydrogens is 116 g/mol. The lowest BCUT2D eigenvalue weighted by Crippen LogP contribution is -2.09. The second-order valence-electron chi connectivity index (χ2n) is 1.74. The summed E-state index contributed by atoms with van der Waals surface area (Å²) in [6.07, 6.45) is 3.80. The van der Waals surface area contributed by atoms with Crippen molar-refractivity contribution in [2.45, 2.75) is 6.54 Å². The van der Waals surface area contributed by atoms with Gasteiger partial charge in [-0.25, -0.2) is 0 Å². The summed E-state index contributed by atoms with van der Waals surface area (Å²) in [5, 5.41) is 0. The van der Waals surface area contributed by atoms with Gasteiger partial charge in [-0.05, 0) is 11.6 Å². The minimum Gasteiger partial charge on any atom is -0.367 e. The predicted octanol–water partition coefficient (Wildman–Crippen LogP) is 0.666. The van der Waals surface area contributed by atoms with Gasteiger partial charge in [0.2, 0.25) is 0 Å². The Balaban J connectivity index is 2.30. The summed E-state index contributed by atoms with van der Waals surface area (Å²) < 4.78 is 0. The van der Waals surface area contributed by atoms with E-state index in [2.05, 4.69) is 15.3 Å². The molecule has 1 heterocycles. The molecule has 0 aromatic carbocycles. The number of H-pyrrole nitrogens is 1. The summed E-state index contributed by atoms with van der Waals surface area (Å²) in [6, 6.07) is 1.99. The Bertz CT molecular complexity index is 148. The molecule has 0 amide bonds. The van der Waals surface area contributed by atoms with Crippen LogP contribution in [0, 0.1) is 0 Å². The van der Waals surface area contributed by atoms with Crippen LogP contribution < -0.4 is 5.48 Å². The summed E-state index contributed by atoms with van der Waals surface area (Å²) in [7, 11) is 1.60. The fourth-order valence-electron chi connectivity index (χ4n) is 0.624. The lowest BCUT2D eigenvalue weighted by atomic mass is 10.3.